The van der Waals surface area contributed by atoms with Crippen LogP contribution in [0.5, 0.6) is 0 Å². The molecule has 0 bridgehead atoms. The van der Waals surface area contributed by atoms with E-state index in [1.165, 1.54) is 49.0 Å². The van der Waals surface area contributed by atoms with Crippen LogP contribution in [0.15, 0.2) is 47.4 Å². The molecule has 2 aromatic rings. The molecular weight excluding hydrogens is 390 g/mol. The van der Waals surface area contributed by atoms with Crippen LogP contribution in [-0.4, -0.2) is 42.4 Å². The Morgan fingerprint density at radius 1 is 1.19 bits per heavy atom. The second kappa shape index (κ2) is 7.62. The van der Waals surface area contributed by atoms with Gasteiger partial charge in [0.05, 0.1) is 29.3 Å². The van der Waals surface area contributed by atoms with Crippen LogP contribution in [0.2, 0.25) is 0 Å². The van der Waals surface area contributed by atoms with Crippen LogP contribution >= 0.6 is 23.4 Å². The topological polar surface area (TPSA) is 83.9 Å². The van der Waals surface area contributed by atoms with Crippen LogP contribution in [-0.2, 0) is 9.53 Å². The largest absolute Gasteiger partial charge is 0.478 e. The van der Waals surface area contributed by atoms with Crippen LogP contribution in [0.4, 0.5) is 5.69 Å². The highest BCUT2D eigenvalue weighted by molar-refractivity contribution is 8.01. The van der Waals surface area contributed by atoms with Gasteiger partial charge in [-0.2, -0.15) is 0 Å². The van der Waals surface area contributed by atoms with E-state index in [2.05, 4.69) is 0 Å². The maximum Gasteiger partial charge on any atom is 0.339 e. The van der Waals surface area contributed by atoms with Crippen molar-refractivity contribution in [3.05, 3.63) is 59.2 Å². The number of amides is 1. The quantitative estimate of drug-likeness (QED) is 0.618. The Kier molecular flexibility index (Phi) is 5.43. The number of rotatable bonds is 4. The first-order valence-corrected chi connectivity index (χ1v) is 9.29. The van der Waals surface area contributed by atoms with Crippen LogP contribution in [0, 0.1) is 0 Å². The van der Waals surface area contributed by atoms with Crippen molar-refractivity contribution in [1.82, 2.24) is 0 Å². The number of carboxylic acid groups (broad SMARTS) is 1. The zero-order chi connectivity index (χ0) is 19.7. The molecule has 0 saturated heterocycles. The minimum Gasteiger partial charge on any atom is -0.478 e. The number of esters is 1. The average Bonchev–Trinajstić information content (AvgIpc) is 3.02. The van der Waals surface area contributed by atoms with Gasteiger partial charge in [0.2, 0.25) is 5.91 Å². The first-order chi connectivity index (χ1) is 12.8. The van der Waals surface area contributed by atoms with E-state index >= 15 is 0 Å². The number of halogens is 1. The van der Waals surface area contributed by atoms with E-state index < -0.39 is 22.6 Å². The van der Waals surface area contributed by atoms with Crippen molar-refractivity contribution in [1.29, 1.82) is 0 Å². The monoisotopic (exact) mass is 405 g/mol. The fraction of sp³-hybridized carbons (Fsp3) is 0.211. The molecule has 3 rings (SSSR count). The summed E-state index contributed by atoms with van der Waals surface area (Å²) >= 11 is 7.84. The van der Waals surface area contributed by atoms with Crippen molar-refractivity contribution in [2.24, 2.45) is 0 Å². The van der Waals surface area contributed by atoms with Crippen molar-refractivity contribution in [3.63, 3.8) is 0 Å². The van der Waals surface area contributed by atoms with Gasteiger partial charge in [0, 0.05) is 11.9 Å². The molecule has 0 fully saturated rings. The van der Waals surface area contributed by atoms with Gasteiger partial charge in [0.15, 0.2) is 0 Å². The molecule has 0 aromatic heterocycles. The number of aromatic carboxylic acids is 1. The van der Waals surface area contributed by atoms with Crippen LogP contribution < -0.4 is 4.90 Å². The first-order valence-electron chi connectivity index (χ1n) is 7.98. The number of carbonyl (C=O) groups excluding carboxylic acids is 2. The first kappa shape index (κ1) is 19.3. The fourth-order valence-electron chi connectivity index (χ4n) is 2.89. The van der Waals surface area contributed by atoms with Crippen molar-refractivity contribution in [2.75, 3.05) is 19.1 Å². The lowest BCUT2D eigenvalue weighted by Gasteiger charge is -2.24. The minimum atomic E-state index is -1.16. The van der Waals surface area contributed by atoms with Gasteiger partial charge in [-0.1, -0.05) is 18.2 Å². The van der Waals surface area contributed by atoms with Crippen LogP contribution in [0.25, 0.3) is 0 Å². The molecule has 0 aliphatic carbocycles. The molecule has 0 spiro atoms. The second-order valence-corrected chi connectivity index (χ2v) is 7.56. The molecule has 2 atom stereocenters. The van der Waals surface area contributed by atoms with Gasteiger partial charge in [-0.15, -0.1) is 23.4 Å². The summed E-state index contributed by atoms with van der Waals surface area (Å²) in [6.07, 6.45) is 0. The highest BCUT2D eigenvalue weighted by Crippen LogP contribution is 2.48. The summed E-state index contributed by atoms with van der Waals surface area (Å²) in [5.74, 6) is -2.15. The molecule has 1 heterocycles. The lowest BCUT2D eigenvalue weighted by Crippen LogP contribution is -2.36. The number of benzene rings is 2. The third-order valence-electron chi connectivity index (χ3n) is 4.32. The average molecular weight is 406 g/mol. The number of fused-ring (bicyclic) bond motifs is 1. The van der Waals surface area contributed by atoms with Crippen LogP contribution in [0.1, 0.15) is 31.7 Å². The van der Waals surface area contributed by atoms with E-state index in [4.69, 9.17) is 16.3 Å². The van der Waals surface area contributed by atoms with E-state index in [0.717, 1.165) is 10.5 Å². The minimum absolute atomic E-state index is 0.0397. The highest BCUT2D eigenvalue weighted by atomic mass is 35.5. The van der Waals surface area contributed by atoms with Crippen molar-refractivity contribution in [2.45, 2.75) is 15.5 Å². The SMILES string of the molecule is COC(=O)c1ccc(C(=O)O)cc1N(C)C(=O)C1Sc2ccccc2C1Cl. The van der Waals surface area contributed by atoms with E-state index in [9.17, 15) is 19.5 Å². The van der Waals surface area contributed by atoms with E-state index in [1.807, 2.05) is 24.3 Å². The maximum absolute atomic E-state index is 13.1. The molecule has 6 nitrogen and oxygen atoms in total. The Labute approximate surface area is 165 Å². The number of hydrogen-bond donors (Lipinski definition) is 1. The fourth-order valence-corrected chi connectivity index (χ4v) is 4.69. The van der Waals surface area contributed by atoms with Crippen molar-refractivity contribution < 1.29 is 24.2 Å². The standard InChI is InChI=1S/C19H16ClNO5S/c1-21(13-9-10(18(23)24)7-8-11(13)19(25)26-2)17(22)16-15(20)12-5-3-4-6-14(12)27-16/h3-9,15-16H,1-2H3,(H,23,24). The molecule has 140 valence electrons. The zero-order valence-electron chi connectivity index (χ0n) is 14.5. The molecule has 27 heavy (non-hydrogen) atoms. The smallest absolute Gasteiger partial charge is 0.339 e. The van der Waals surface area contributed by atoms with E-state index in [1.54, 1.807) is 0 Å². The Morgan fingerprint density at radius 3 is 2.52 bits per heavy atom. The predicted molar refractivity (Wildman–Crippen MR) is 103 cm³/mol. The van der Waals surface area contributed by atoms with Crippen LogP contribution in [0.3, 0.4) is 0 Å². The van der Waals surface area contributed by atoms with Gasteiger partial charge in [0.1, 0.15) is 5.25 Å². The highest BCUT2D eigenvalue weighted by Gasteiger charge is 2.39. The number of ether oxygens (including phenoxy) is 1. The zero-order valence-corrected chi connectivity index (χ0v) is 16.1. The predicted octanol–water partition coefficient (Wildman–Crippen LogP) is 3.59. The molecule has 1 aliphatic heterocycles. The third kappa shape index (κ3) is 3.52. The molecular formula is C19H16ClNO5S. The van der Waals surface area contributed by atoms with Gasteiger partial charge in [0.25, 0.3) is 0 Å². The van der Waals surface area contributed by atoms with Gasteiger partial charge in [-0.05, 0) is 29.8 Å². The number of alkyl halides is 1. The summed E-state index contributed by atoms with van der Waals surface area (Å²) < 4.78 is 4.75. The normalized spacial score (nSPS) is 17.9. The molecule has 1 amide bonds. The molecule has 2 unspecified atom stereocenters. The second-order valence-electron chi connectivity index (χ2n) is 5.90. The molecule has 1 N–H and O–H groups in total. The number of carbonyl (C=O) groups is 3. The number of anilines is 1. The summed E-state index contributed by atoms with van der Waals surface area (Å²) in [5.41, 5.74) is 1.10. The summed E-state index contributed by atoms with van der Waals surface area (Å²) in [6.45, 7) is 0. The lowest BCUT2D eigenvalue weighted by atomic mass is 10.1. The Morgan fingerprint density at radius 2 is 1.89 bits per heavy atom. The van der Waals surface area contributed by atoms with Gasteiger partial charge in [-0.3, -0.25) is 4.79 Å². The van der Waals surface area contributed by atoms with Gasteiger partial charge in [-0.25, -0.2) is 9.59 Å². The summed E-state index contributed by atoms with van der Waals surface area (Å²) in [6, 6.07) is 11.4. The van der Waals surface area contributed by atoms with Crippen molar-refractivity contribution in [3.8, 4) is 0 Å². The Hall–Kier alpha value is -2.51. The van der Waals surface area contributed by atoms with E-state index in [0.29, 0.717) is 0 Å². The third-order valence-corrected chi connectivity index (χ3v) is 6.31. The molecule has 0 saturated carbocycles. The summed E-state index contributed by atoms with van der Waals surface area (Å²) in [5, 5.41) is 8.13. The van der Waals surface area contributed by atoms with Crippen molar-refractivity contribution >= 4 is 46.9 Å². The summed E-state index contributed by atoms with van der Waals surface area (Å²) in [7, 11) is 2.71. The molecule has 2 aromatic carbocycles. The number of nitrogens with zero attached hydrogens (tertiary/aromatic N) is 1. The Balaban J connectivity index is 1.96. The van der Waals surface area contributed by atoms with Gasteiger partial charge < -0.3 is 14.7 Å². The van der Waals surface area contributed by atoms with E-state index in [-0.39, 0.29) is 22.7 Å². The molecule has 0 radical (unpaired) electrons. The number of thioether (sulfide) groups is 1. The maximum atomic E-state index is 13.1. The number of carboxylic acids is 1. The molecule has 1 aliphatic rings. The lowest BCUT2D eigenvalue weighted by molar-refractivity contribution is -0.117. The molecule has 8 heteroatoms. The number of hydrogen-bond acceptors (Lipinski definition) is 5. The number of methoxy groups -OCH3 is 1. The summed E-state index contributed by atoms with van der Waals surface area (Å²) in [4.78, 5) is 38.7. The van der Waals surface area contributed by atoms with Gasteiger partial charge >= 0.3 is 11.9 Å². The Bertz CT molecular complexity index is 932.